The Balaban J connectivity index is 0. The average molecular weight is 260 g/mol. The lowest BCUT2D eigenvalue weighted by molar-refractivity contribution is 0.156. The third-order valence-electron chi connectivity index (χ3n) is 3.12. The molecule has 0 spiro atoms. The molecule has 1 atom stereocenters. The van der Waals surface area contributed by atoms with Crippen LogP contribution in [0.15, 0.2) is 0 Å². The number of hydrogen-bond acceptors (Lipinski definition) is 2. The third-order valence-corrected chi connectivity index (χ3v) is 3.12. The summed E-state index contributed by atoms with van der Waals surface area (Å²) in [6, 6.07) is 0. The molecule has 0 radical (unpaired) electrons. The molecule has 1 unspecified atom stereocenters. The Bertz CT molecular complexity index is 120. The lowest BCUT2D eigenvalue weighted by atomic mass is 10.1. The molecule has 2 heteroatoms. The first-order valence-corrected chi connectivity index (χ1v) is 8.01. The van der Waals surface area contributed by atoms with Crippen LogP contribution in [0.1, 0.15) is 91.4 Å². The first kappa shape index (κ1) is 20.2. The standard InChI is InChI=1S/2C8H18O/c1-3-5-6-7-8(9)4-2;1-2-3-4-5-6-7-8-9/h8-9H,3-7H2,1-2H3;9H,2-8H2,1H3. The Labute approximate surface area is 115 Å². The number of aliphatic hydroxyl groups is 2. The van der Waals surface area contributed by atoms with E-state index in [2.05, 4.69) is 13.8 Å². The van der Waals surface area contributed by atoms with Crippen LogP contribution in [0.3, 0.4) is 0 Å². The van der Waals surface area contributed by atoms with E-state index in [0.29, 0.717) is 6.61 Å². The molecule has 18 heavy (non-hydrogen) atoms. The summed E-state index contributed by atoms with van der Waals surface area (Å²) in [6.45, 7) is 6.78. The molecular weight excluding hydrogens is 224 g/mol. The summed E-state index contributed by atoms with van der Waals surface area (Å²) in [5.74, 6) is 0. The van der Waals surface area contributed by atoms with Crippen molar-refractivity contribution in [1.82, 2.24) is 0 Å². The largest absolute Gasteiger partial charge is 0.396 e. The zero-order chi connectivity index (χ0) is 14.1. The van der Waals surface area contributed by atoms with Crippen LogP contribution in [-0.4, -0.2) is 22.9 Å². The van der Waals surface area contributed by atoms with E-state index < -0.39 is 0 Å². The van der Waals surface area contributed by atoms with Crippen LogP contribution in [0.2, 0.25) is 0 Å². The lowest BCUT2D eigenvalue weighted by Crippen LogP contribution is -2.02. The summed E-state index contributed by atoms with van der Waals surface area (Å²) in [7, 11) is 0. The summed E-state index contributed by atoms with van der Waals surface area (Å²) in [5, 5.41) is 17.5. The van der Waals surface area contributed by atoms with Crippen molar-refractivity contribution in [3.8, 4) is 0 Å². The van der Waals surface area contributed by atoms with Gasteiger partial charge < -0.3 is 10.2 Å². The molecule has 0 fully saturated rings. The van der Waals surface area contributed by atoms with E-state index in [-0.39, 0.29) is 6.10 Å². The highest BCUT2D eigenvalue weighted by Crippen LogP contribution is 2.05. The molecular formula is C16H36O2. The molecule has 0 aliphatic carbocycles. The van der Waals surface area contributed by atoms with Gasteiger partial charge in [0.15, 0.2) is 0 Å². The van der Waals surface area contributed by atoms with Crippen LogP contribution >= 0.6 is 0 Å². The van der Waals surface area contributed by atoms with Gasteiger partial charge >= 0.3 is 0 Å². The number of unbranched alkanes of at least 4 members (excludes halogenated alkanes) is 7. The van der Waals surface area contributed by atoms with Crippen molar-refractivity contribution in [2.45, 2.75) is 97.5 Å². The minimum atomic E-state index is -0.0449. The fraction of sp³-hybridized carbons (Fsp3) is 1.00. The minimum Gasteiger partial charge on any atom is -0.396 e. The first-order chi connectivity index (χ1) is 8.72. The maximum atomic E-state index is 9.08. The Kier molecular flexibility index (Phi) is 21.7. The second-order valence-electron chi connectivity index (χ2n) is 5.05. The van der Waals surface area contributed by atoms with Crippen molar-refractivity contribution in [3.05, 3.63) is 0 Å². The molecule has 0 rings (SSSR count). The summed E-state index contributed by atoms with van der Waals surface area (Å²) < 4.78 is 0. The second-order valence-corrected chi connectivity index (χ2v) is 5.05. The van der Waals surface area contributed by atoms with Crippen LogP contribution in [0.25, 0.3) is 0 Å². The highest BCUT2D eigenvalue weighted by molar-refractivity contribution is 4.51. The van der Waals surface area contributed by atoms with Crippen LogP contribution in [-0.2, 0) is 0 Å². The van der Waals surface area contributed by atoms with Crippen LogP contribution in [0.5, 0.6) is 0 Å². The molecule has 0 saturated carbocycles. The van der Waals surface area contributed by atoms with Crippen molar-refractivity contribution >= 4 is 0 Å². The predicted octanol–water partition coefficient (Wildman–Crippen LogP) is 4.68. The van der Waals surface area contributed by atoms with Crippen molar-refractivity contribution in [3.63, 3.8) is 0 Å². The zero-order valence-electron chi connectivity index (χ0n) is 13.0. The van der Waals surface area contributed by atoms with Crippen LogP contribution in [0.4, 0.5) is 0 Å². The molecule has 112 valence electrons. The summed E-state index contributed by atoms with van der Waals surface area (Å²) >= 11 is 0. The van der Waals surface area contributed by atoms with Crippen molar-refractivity contribution < 1.29 is 10.2 Å². The zero-order valence-corrected chi connectivity index (χ0v) is 13.0. The topological polar surface area (TPSA) is 40.5 Å². The molecule has 0 aromatic rings. The maximum Gasteiger partial charge on any atom is 0.0537 e. The van der Waals surface area contributed by atoms with Crippen molar-refractivity contribution in [2.24, 2.45) is 0 Å². The van der Waals surface area contributed by atoms with E-state index >= 15 is 0 Å². The van der Waals surface area contributed by atoms with Crippen molar-refractivity contribution in [2.75, 3.05) is 6.61 Å². The number of hydrogen-bond donors (Lipinski definition) is 2. The Morgan fingerprint density at radius 2 is 1.22 bits per heavy atom. The Hall–Kier alpha value is -0.0800. The fourth-order valence-electron chi connectivity index (χ4n) is 1.73. The normalized spacial score (nSPS) is 11.8. The van der Waals surface area contributed by atoms with Crippen LogP contribution < -0.4 is 0 Å². The first-order valence-electron chi connectivity index (χ1n) is 8.01. The lowest BCUT2D eigenvalue weighted by Gasteiger charge is -2.04. The SMILES string of the molecule is CCCCCC(O)CC.CCCCCCCCO. The summed E-state index contributed by atoms with van der Waals surface area (Å²) in [5.41, 5.74) is 0. The molecule has 0 bridgehead atoms. The molecule has 0 amide bonds. The van der Waals surface area contributed by atoms with E-state index in [1.54, 1.807) is 0 Å². The maximum absolute atomic E-state index is 9.08. The van der Waals surface area contributed by atoms with Gasteiger partial charge in [-0.1, -0.05) is 72.1 Å². The monoisotopic (exact) mass is 260 g/mol. The van der Waals surface area contributed by atoms with E-state index in [1.807, 2.05) is 6.92 Å². The summed E-state index contributed by atoms with van der Waals surface area (Å²) in [6.07, 6.45) is 13.0. The van der Waals surface area contributed by atoms with Gasteiger partial charge in [0.05, 0.1) is 6.10 Å². The van der Waals surface area contributed by atoms with E-state index in [4.69, 9.17) is 10.2 Å². The minimum absolute atomic E-state index is 0.0449. The molecule has 2 nitrogen and oxygen atoms in total. The van der Waals surface area contributed by atoms with E-state index in [0.717, 1.165) is 19.3 Å². The quantitative estimate of drug-likeness (QED) is 0.530. The van der Waals surface area contributed by atoms with Gasteiger partial charge in [-0.3, -0.25) is 0 Å². The molecule has 0 heterocycles. The second kappa shape index (κ2) is 19.3. The molecule has 0 aromatic carbocycles. The van der Waals surface area contributed by atoms with Gasteiger partial charge in [0, 0.05) is 6.61 Å². The highest BCUT2D eigenvalue weighted by Gasteiger charge is 1.97. The Morgan fingerprint density at radius 3 is 1.72 bits per heavy atom. The van der Waals surface area contributed by atoms with E-state index in [9.17, 15) is 0 Å². The third kappa shape index (κ3) is 21.2. The highest BCUT2D eigenvalue weighted by atomic mass is 16.3. The van der Waals surface area contributed by atoms with Gasteiger partial charge in [0.1, 0.15) is 0 Å². The van der Waals surface area contributed by atoms with Gasteiger partial charge in [-0.25, -0.2) is 0 Å². The Morgan fingerprint density at radius 1 is 0.722 bits per heavy atom. The smallest absolute Gasteiger partial charge is 0.0537 e. The van der Waals surface area contributed by atoms with Gasteiger partial charge in [-0.15, -0.1) is 0 Å². The fourth-order valence-corrected chi connectivity index (χ4v) is 1.73. The van der Waals surface area contributed by atoms with Gasteiger partial charge in [0.25, 0.3) is 0 Å². The summed E-state index contributed by atoms with van der Waals surface area (Å²) in [4.78, 5) is 0. The molecule has 0 saturated heterocycles. The average Bonchev–Trinajstić information content (AvgIpc) is 2.39. The van der Waals surface area contributed by atoms with Gasteiger partial charge in [-0.2, -0.15) is 0 Å². The van der Waals surface area contributed by atoms with E-state index in [1.165, 1.54) is 51.4 Å². The molecule has 0 aromatic heterocycles. The number of aliphatic hydroxyl groups excluding tert-OH is 2. The van der Waals surface area contributed by atoms with Gasteiger partial charge in [-0.05, 0) is 19.3 Å². The van der Waals surface area contributed by atoms with Crippen molar-refractivity contribution in [1.29, 1.82) is 0 Å². The molecule has 0 aliphatic heterocycles. The van der Waals surface area contributed by atoms with Gasteiger partial charge in [0.2, 0.25) is 0 Å². The number of rotatable bonds is 11. The molecule has 0 aliphatic rings. The predicted molar refractivity (Wildman–Crippen MR) is 80.9 cm³/mol. The van der Waals surface area contributed by atoms with Crippen LogP contribution in [0, 0.1) is 0 Å². The molecule has 2 N–H and O–H groups in total.